The van der Waals surface area contributed by atoms with Crippen molar-refractivity contribution in [1.82, 2.24) is 10.2 Å². The Labute approximate surface area is 99.6 Å². The van der Waals surface area contributed by atoms with E-state index in [0.29, 0.717) is 18.6 Å². The van der Waals surface area contributed by atoms with Gasteiger partial charge in [-0.25, -0.2) is 0 Å². The molecule has 3 unspecified atom stereocenters. The van der Waals surface area contributed by atoms with Gasteiger partial charge in [0.05, 0.1) is 6.54 Å². The summed E-state index contributed by atoms with van der Waals surface area (Å²) < 4.78 is 0. The summed E-state index contributed by atoms with van der Waals surface area (Å²) in [7, 11) is 0. The first-order valence-electron chi connectivity index (χ1n) is 6.57. The van der Waals surface area contributed by atoms with E-state index in [4.69, 9.17) is 0 Å². The second kappa shape index (κ2) is 6.24. The largest absolute Gasteiger partial charge is 0.339 e. The maximum atomic E-state index is 12.0. The summed E-state index contributed by atoms with van der Waals surface area (Å²) in [5, 5.41) is 3.27. The third-order valence-electron chi connectivity index (χ3n) is 3.67. The molecule has 0 aromatic rings. The minimum absolute atomic E-state index is 0.264. The number of rotatable bonds is 4. The zero-order chi connectivity index (χ0) is 12.1. The maximum absolute atomic E-state index is 12.0. The van der Waals surface area contributed by atoms with Crippen molar-refractivity contribution in [3.05, 3.63) is 0 Å². The third kappa shape index (κ3) is 3.78. The van der Waals surface area contributed by atoms with Gasteiger partial charge >= 0.3 is 0 Å². The fourth-order valence-electron chi connectivity index (χ4n) is 2.29. The van der Waals surface area contributed by atoms with Gasteiger partial charge in [-0.1, -0.05) is 13.8 Å². The Balaban J connectivity index is 2.36. The molecule has 1 amide bonds. The zero-order valence-corrected chi connectivity index (χ0v) is 11.1. The first kappa shape index (κ1) is 13.5. The molecule has 1 saturated heterocycles. The first-order valence-corrected chi connectivity index (χ1v) is 6.57. The second-order valence-electron chi connectivity index (χ2n) is 5.26. The Hall–Kier alpha value is -0.570. The minimum Gasteiger partial charge on any atom is -0.339 e. The molecule has 0 bridgehead atoms. The normalized spacial score (nSPS) is 27.9. The van der Waals surface area contributed by atoms with E-state index in [2.05, 4.69) is 33.0 Å². The molecule has 1 aliphatic rings. The molecule has 1 fully saturated rings. The molecule has 0 aromatic carbocycles. The predicted molar refractivity (Wildman–Crippen MR) is 67.3 cm³/mol. The van der Waals surface area contributed by atoms with E-state index in [1.54, 1.807) is 0 Å². The van der Waals surface area contributed by atoms with Gasteiger partial charge in [-0.2, -0.15) is 0 Å². The molecule has 1 rings (SSSR count). The van der Waals surface area contributed by atoms with Crippen molar-refractivity contribution in [2.45, 2.75) is 59.0 Å². The van der Waals surface area contributed by atoms with Crippen LogP contribution in [0.15, 0.2) is 0 Å². The van der Waals surface area contributed by atoms with Gasteiger partial charge in [-0.05, 0) is 39.0 Å². The summed E-state index contributed by atoms with van der Waals surface area (Å²) in [5.74, 6) is 1.03. The Morgan fingerprint density at radius 2 is 2.19 bits per heavy atom. The van der Waals surface area contributed by atoms with Crippen molar-refractivity contribution >= 4 is 5.91 Å². The molecule has 1 aliphatic heterocycles. The van der Waals surface area contributed by atoms with Crippen LogP contribution in [0.5, 0.6) is 0 Å². The highest BCUT2D eigenvalue weighted by Gasteiger charge is 2.26. The molecule has 3 heteroatoms. The van der Waals surface area contributed by atoms with Gasteiger partial charge < -0.3 is 10.2 Å². The Kier molecular flexibility index (Phi) is 5.26. The average molecular weight is 226 g/mol. The lowest BCUT2D eigenvalue weighted by Crippen LogP contribution is -2.48. The molecule has 94 valence electrons. The second-order valence-corrected chi connectivity index (χ2v) is 5.26. The number of hydrogen-bond donors (Lipinski definition) is 1. The molecule has 0 saturated carbocycles. The minimum atomic E-state index is 0.264. The lowest BCUT2D eigenvalue weighted by Gasteiger charge is -2.36. The molecule has 1 heterocycles. The Bertz CT molecular complexity index is 230. The van der Waals surface area contributed by atoms with Crippen LogP contribution in [0.2, 0.25) is 0 Å². The SMILES string of the molecule is CCC(C)NCC(=O)N1CCC(C)CC1C. The first-order chi connectivity index (χ1) is 7.54. The van der Waals surface area contributed by atoms with Gasteiger partial charge in [0.25, 0.3) is 0 Å². The molecule has 16 heavy (non-hydrogen) atoms. The van der Waals surface area contributed by atoms with Gasteiger partial charge in [0.15, 0.2) is 0 Å². The third-order valence-corrected chi connectivity index (χ3v) is 3.67. The molecular formula is C13H26N2O. The molecule has 0 radical (unpaired) electrons. The van der Waals surface area contributed by atoms with Crippen LogP contribution in [0.4, 0.5) is 0 Å². The molecule has 0 aliphatic carbocycles. The molecule has 0 aromatic heterocycles. The maximum Gasteiger partial charge on any atom is 0.236 e. The van der Waals surface area contributed by atoms with Crippen LogP contribution in [0.3, 0.4) is 0 Å². The number of nitrogens with one attached hydrogen (secondary N) is 1. The van der Waals surface area contributed by atoms with E-state index in [1.807, 2.05) is 4.90 Å². The van der Waals surface area contributed by atoms with Crippen LogP contribution >= 0.6 is 0 Å². The molecule has 3 atom stereocenters. The predicted octanol–water partition coefficient (Wildman–Crippen LogP) is 2.02. The Morgan fingerprint density at radius 1 is 1.50 bits per heavy atom. The number of piperidine rings is 1. The van der Waals surface area contributed by atoms with Crippen LogP contribution < -0.4 is 5.32 Å². The van der Waals surface area contributed by atoms with Gasteiger partial charge in [-0.3, -0.25) is 4.79 Å². The number of carbonyl (C=O) groups is 1. The van der Waals surface area contributed by atoms with Crippen LogP contribution in [-0.2, 0) is 4.79 Å². The molecular weight excluding hydrogens is 200 g/mol. The van der Waals surface area contributed by atoms with E-state index in [9.17, 15) is 4.79 Å². The smallest absolute Gasteiger partial charge is 0.236 e. The van der Waals surface area contributed by atoms with Crippen LogP contribution in [0.1, 0.15) is 47.0 Å². The van der Waals surface area contributed by atoms with Crippen molar-refractivity contribution in [2.75, 3.05) is 13.1 Å². The topological polar surface area (TPSA) is 32.3 Å². The van der Waals surface area contributed by atoms with Crippen LogP contribution in [-0.4, -0.2) is 36.0 Å². The molecule has 1 N–H and O–H groups in total. The number of nitrogens with zero attached hydrogens (tertiary/aromatic N) is 1. The highest BCUT2D eigenvalue weighted by molar-refractivity contribution is 5.78. The van der Waals surface area contributed by atoms with Crippen molar-refractivity contribution in [2.24, 2.45) is 5.92 Å². The number of hydrogen-bond acceptors (Lipinski definition) is 2. The summed E-state index contributed by atoms with van der Waals surface area (Å²) in [5.41, 5.74) is 0. The van der Waals surface area contributed by atoms with Crippen molar-refractivity contribution in [1.29, 1.82) is 0 Å². The fourth-order valence-corrected chi connectivity index (χ4v) is 2.29. The Morgan fingerprint density at radius 3 is 2.75 bits per heavy atom. The molecule has 3 nitrogen and oxygen atoms in total. The fraction of sp³-hybridized carbons (Fsp3) is 0.923. The average Bonchev–Trinajstić information content (AvgIpc) is 2.25. The van der Waals surface area contributed by atoms with Gasteiger partial charge in [-0.15, -0.1) is 0 Å². The van der Waals surface area contributed by atoms with Gasteiger partial charge in [0.1, 0.15) is 0 Å². The quantitative estimate of drug-likeness (QED) is 0.795. The van der Waals surface area contributed by atoms with E-state index in [1.165, 1.54) is 0 Å². The van der Waals surface area contributed by atoms with E-state index in [0.717, 1.165) is 31.7 Å². The summed E-state index contributed by atoms with van der Waals surface area (Å²) in [6, 6.07) is 0.845. The summed E-state index contributed by atoms with van der Waals surface area (Å²) in [4.78, 5) is 14.0. The lowest BCUT2D eigenvalue weighted by atomic mass is 9.93. The highest BCUT2D eigenvalue weighted by Crippen LogP contribution is 2.21. The van der Waals surface area contributed by atoms with Crippen molar-refractivity contribution < 1.29 is 4.79 Å². The van der Waals surface area contributed by atoms with Crippen LogP contribution in [0.25, 0.3) is 0 Å². The van der Waals surface area contributed by atoms with Gasteiger partial charge in [0.2, 0.25) is 5.91 Å². The summed E-state index contributed by atoms with van der Waals surface area (Å²) in [6.07, 6.45) is 3.37. The van der Waals surface area contributed by atoms with Crippen molar-refractivity contribution in [3.63, 3.8) is 0 Å². The summed E-state index contributed by atoms with van der Waals surface area (Å²) in [6.45, 7) is 10.1. The monoisotopic (exact) mass is 226 g/mol. The van der Waals surface area contributed by atoms with E-state index in [-0.39, 0.29) is 5.91 Å². The van der Waals surface area contributed by atoms with Gasteiger partial charge in [0, 0.05) is 18.6 Å². The highest BCUT2D eigenvalue weighted by atomic mass is 16.2. The number of carbonyl (C=O) groups excluding carboxylic acids is 1. The van der Waals surface area contributed by atoms with Crippen molar-refractivity contribution in [3.8, 4) is 0 Å². The number of amides is 1. The van der Waals surface area contributed by atoms with Crippen LogP contribution in [0, 0.1) is 5.92 Å². The molecule has 0 spiro atoms. The van der Waals surface area contributed by atoms with E-state index >= 15 is 0 Å². The van der Waals surface area contributed by atoms with E-state index < -0.39 is 0 Å². The summed E-state index contributed by atoms with van der Waals surface area (Å²) >= 11 is 0. The lowest BCUT2D eigenvalue weighted by molar-refractivity contribution is -0.134. The standard InChI is InChI=1S/C13H26N2O/c1-5-11(3)14-9-13(16)15-7-6-10(2)8-12(15)4/h10-12,14H,5-9H2,1-4H3. The number of likely N-dealkylation sites (tertiary alicyclic amines) is 1. The zero-order valence-electron chi connectivity index (χ0n) is 11.1.